The summed E-state index contributed by atoms with van der Waals surface area (Å²) in [5.41, 5.74) is -0.632. The number of halogens is 2. The second kappa shape index (κ2) is 6.44. The molecule has 0 radical (unpaired) electrons. The van der Waals surface area contributed by atoms with Gasteiger partial charge in [0.2, 0.25) is 0 Å². The largest absolute Gasteiger partial charge is 0.351 e. The van der Waals surface area contributed by atoms with Gasteiger partial charge in [-0.05, 0) is 12.1 Å². The van der Waals surface area contributed by atoms with E-state index in [4.69, 9.17) is 0 Å². The van der Waals surface area contributed by atoms with Gasteiger partial charge in [0.05, 0.1) is 11.0 Å². The minimum Gasteiger partial charge on any atom is -0.351 e. The van der Waals surface area contributed by atoms with Crippen LogP contribution >= 0.6 is 12.4 Å². The van der Waals surface area contributed by atoms with E-state index in [1.807, 2.05) is 0 Å². The van der Waals surface area contributed by atoms with Crippen molar-refractivity contribution in [2.24, 2.45) is 5.92 Å². The summed E-state index contributed by atoms with van der Waals surface area (Å²) in [4.78, 5) is 21.7. The lowest BCUT2D eigenvalue weighted by molar-refractivity contribution is -0.385. The molecule has 19 heavy (non-hydrogen) atoms. The van der Waals surface area contributed by atoms with Crippen LogP contribution in [0.2, 0.25) is 0 Å². The molecule has 0 spiro atoms. The zero-order valence-electron chi connectivity index (χ0n) is 9.89. The van der Waals surface area contributed by atoms with Crippen molar-refractivity contribution < 1.29 is 14.1 Å². The Kier molecular flexibility index (Phi) is 5.20. The lowest BCUT2D eigenvalue weighted by atomic mass is 10.0. The molecule has 2 rings (SSSR count). The number of hydrogen-bond acceptors (Lipinski definition) is 4. The Bertz CT molecular complexity index is 494. The highest BCUT2D eigenvalue weighted by molar-refractivity contribution is 5.98. The molecule has 0 unspecified atom stereocenters. The van der Waals surface area contributed by atoms with E-state index in [0.29, 0.717) is 12.5 Å². The summed E-state index contributed by atoms with van der Waals surface area (Å²) >= 11 is 0. The van der Waals surface area contributed by atoms with Crippen molar-refractivity contribution in [3.8, 4) is 0 Å². The number of nitro benzene ring substituents is 1. The number of carbonyl (C=O) groups is 1. The predicted octanol–water partition coefficient (Wildman–Crippen LogP) is 1.10. The molecular weight excluding hydrogens is 277 g/mol. The first-order chi connectivity index (χ1) is 8.58. The normalized spacial score (nSPS) is 14.2. The summed E-state index contributed by atoms with van der Waals surface area (Å²) in [6.07, 6.45) is 0. The zero-order chi connectivity index (χ0) is 13.1. The van der Waals surface area contributed by atoms with Crippen LogP contribution in [0.1, 0.15) is 10.4 Å². The third-order valence-corrected chi connectivity index (χ3v) is 2.82. The van der Waals surface area contributed by atoms with E-state index in [1.165, 1.54) is 0 Å². The van der Waals surface area contributed by atoms with Crippen LogP contribution in [-0.2, 0) is 0 Å². The van der Waals surface area contributed by atoms with Gasteiger partial charge < -0.3 is 10.6 Å². The third-order valence-electron chi connectivity index (χ3n) is 2.82. The van der Waals surface area contributed by atoms with Gasteiger partial charge in [0.1, 0.15) is 11.4 Å². The SMILES string of the molecule is Cl.O=C(NCC1CNC1)c1ccc(F)cc1[N+](=O)[O-]. The van der Waals surface area contributed by atoms with Gasteiger partial charge in [0, 0.05) is 25.6 Å². The van der Waals surface area contributed by atoms with E-state index in [0.717, 1.165) is 31.3 Å². The quantitative estimate of drug-likeness (QED) is 0.642. The third kappa shape index (κ3) is 3.62. The Morgan fingerprint density at radius 2 is 2.21 bits per heavy atom. The lowest BCUT2D eigenvalue weighted by Gasteiger charge is -2.27. The van der Waals surface area contributed by atoms with E-state index in [2.05, 4.69) is 10.6 Å². The molecule has 104 valence electrons. The smallest absolute Gasteiger partial charge is 0.285 e. The van der Waals surface area contributed by atoms with Crippen LogP contribution in [0.15, 0.2) is 18.2 Å². The second-order valence-electron chi connectivity index (χ2n) is 4.15. The molecule has 8 heteroatoms. The Labute approximate surface area is 114 Å². The fraction of sp³-hybridized carbons (Fsp3) is 0.364. The Morgan fingerprint density at radius 1 is 1.53 bits per heavy atom. The fourth-order valence-electron chi connectivity index (χ4n) is 1.67. The molecule has 1 fully saturated rings. The maximum Gasteiger partial charge on any atom is 0.285 e. The Morgan fingerprint density at radius 3 is 2.74 bits per heavy atom. The Balaban J connectivity index is 0.00000180. The summed E-state index contributed by atoms with van der Waals surface area (Å²) in [7, 11) is 0. The van der Waals surface area contributed by atoms with E-state index in [1.54, 1.807) is 0 Å². The molecule has 0 bridgehead atoms. The molecule has 0 aliphatic carbocycles. The van der Waals surface area contributed by atoms with E-state index in [-0.39, 0.29) is 18.0 Å². The van der Waals surface area contributed by atoms with Crippen LogP contribution < -0.4 is 10.6 Å². The summed E-state index contributed by atoms with van der Waals surface area (Å²) in [5.74, 6) is -0.927. The van der Waals surface area contributed by atoms with Gasteiger partial charge in [-0.2, -0.15) is 0 Å². The molecule has 0 aromatic heterocycles. The monoisotopic (exact) mass is 289 g/mol. The van der Waals surface area contributed by atoms with Crippen molar-refractivity contribution in [1.82, 2.24) is 10.6 Å². The lowest BCUT2D eigenvalue weighted by Crippen LogP contribution is -2.48. The molecule has 1 aromatic carbocycles. The van der Waals surface area contributed by atoms with Crippen molar-refractivity contribution in [2.45, 2.75) is 0 Å². The van der Waals surface area contributed by atoms with Crippen molar-refractivity contribution in [1.29, 1.82) is 0 Å². The predicted molar refractivity (Wildman–Crippen MR) is 69.0 cm³/mol. The molecule has 1 amide bonds. The number of hydrogen-bond donors (Lipinski definition) is 2. The van der Waals surface area contributed by atoms with Gasteiger partial charge in [-0.1, -0.05) is 0 Å². The van der Waals surface area contributed by atoms with Crippen molar-refractivity contribution in [3.05, 3.63) is 39.7 Å². The number of nitro groups is 1. The van der Waals surface area contributed by atoms with Gasteiger partial charge in [0.15, 0.2) is 0 Å². The van der Waals surface area contributed by atoms with Crippen molar-refractivity contribution in [3.63, 3.8) is 0 Å². The fourth-order valence-corrected chi connectivity index (χ4v) is 1.67. The molecule has 1 heterocycles. The number of carbonyl (C=O) groups excluding carboxylic acids is 1. The number of benzene rings is 1. The second-order valence-corrected chi connectivity index (χ2v) is 4.15. The summed E-state index contributed by atoms with van der Waals surface area (Å²) in [5, 5.41) is 16.4. The first-order valence-corrected chi connectivity index (χ1v) is 5.51. The molecule has 1 aliphatic heterocycles. The van der Waals surface area contributed by atoms with Crippen LogP contribution in [0.4, 0.5) is 10.1 Å². The first kappa shape index (κ1) is 15.3. The van der Waals surface area contributed by atoms with Crippen molar-refractivity contribution >= 4 is 24.0 Å². The molecule has 1 aliphatic rings. The molecule has 1 saturated heterocycles. The van der Waals surface area contributed by atoms with Crippen LogP contribution in [-0.4, -0.2) is 30.5 Å². The van der Waals surface area contributed by atoms with E-state index < -0.39 is 22.3 Å². The number of nitrogens with zero attached hydrogens (tertiary/aromatic N) is 1. The minimum atomic E-state index is -0.761. The molecule has 6 nitrogen and oxygen atoms in total. The van der Waals surface area contributed by atoms with E-state index in [9.17, 15) is 19.3 Å². The standard InChI is InChI=1S/C11H12FN3O3.ClH/c12-8-1-2-9(10(3-8)15(17)18)11(16)14-6-7-4-13-5-7;/h1-3,7,13H,4-6H2,(H,14,16);1H. The average Bonchev–Trinajstić information content (AvgIpc) is 2.26. The topological polar surface area (TPSA) is 84.3 Å². The molecular formula is C11H13ClFN3O3. The van der Waals surface area contributed by atoms with E-state index >= 15 is 0 Å². The molecule has 0 atom stereocenters. The Hall–Kier alpha value is -1.73. The average molecular weight is 290 g/mol. The highest BCUT2D eigenvalue weighted by Gasteiger charge is 2.23. The van der Waals surface area contributed by atoms with Gasteiger partial charge in [-0.25, -0.2) is 4.39 Å². The molecule has 1 aromatic rings. The van der Waals surface area contributed by atoms with Crippen molar-refractivity contribution in [2.75, 3.05) is 19.6 Å². The number of rotatable bonds is 4. The zero-order valence-corrected chi connectivity index (χ0v) is 10.7. The van der Waals surface area contributed by atoms with Gasteiger partial charge in [-0.3, -0.25) is 14.9 Å². The van der Waals surface area contributed by atoms with Crippen LogP contribution in [0.25, 0.3) is 0 Å². The highest BCUT2D eigenvalue weighted by Crippen LogP contribution is 2.19. The molecule has 2 N–H and O–H groups in total. The summed E-state index contributed by atoms with van der Waals surface area (Å²) in [6, 6.07) is 2.91. The maximum absolute atomic E-state index is 12.9. The number of amides is 1. The van der Waals surface area contributed by atoms with Crippen LogP contribution in [0.5, 0.6) is 0 Å². The van der Waals surface area contributed by atoms with Gasteiger partial charge in [-0.15, -0.1) is 12.4 Å². The summed E-state index contributed by atoms with van der Waals surface area (Å²) < 4.78 is 12.9. The highest BCUT2D eigenvalue weighted by atomic mass is 35.5. The van der Waals surface area contributed by atoms with Crippen LogP contribution in [0.3, 0.4) is 0 Å². The van der Waals surface area contributed by atoms with Gasteiger partial charge >= 0.3 is 0 Å². The van der Waals surface area contributed by atoms with Crippen LogP contribution in [0, 0.1) is 21.8 Å². The maximum atomic E-state index is 12.9. The summed E-state index contributed by atoms with van der Waals surface area (Å²) in [6.45, 7) is 2.11. The molecule has 0 saturated carbocycles. The van der Waals surface area contributed by atoms with Gasteiger partial charge in [0.25, 0.3) is 11.6 Å². The number of nitrogens with one attached hydrogen (secondary N) is 2. The first-order valence-electron chi connectivity index (χ1n) is 5.51. The minimum absolute atomic E-state index is 0.